The minimum atomic E-state index is -5.12. The number of phosphoric acid groups is 1. The molecule has 4 aromatic heterocycles. The van der Waals surface area contributed by atoms with Crippen molar-refractivity contribution in [1.29, 1.82) is 0 Å². The molecule has 2 saturated heterocycles. The molecule has 9 atom stereocenters. The number of rotatable bonds is 11. The van der Waals surface area contributed by atoms with Gasteiger partial charge in [0.1, 0.15) is 36.4 Å². The fourth-order valence-electron chi connectivity index (χ4n) is 5.10. The van der Waals surface area contributed by atoms with E-state index in [0.717, 1.165) is 10.9 Å². The van der Waals surface area contributed by atoms with Gasteiger partial charge in [-0.3, -0.25) is 28.0 Å². The second-order valence-electron chi connectivity index (χ2n) is 9.94. The number of alkyl halides is 1. The Morgan fingerprint density at radius 1 is 1.13 bits per heavy atom. The molecule has 6 heterocycles. The minimum Gasteiger partial charge on any atom is -0.394 e. The van der Waals surface area contributed by atoms with Gasteiger partial charge in [-0.05, 0) is 4.57 Å². The van der Waals surface area contributed by atoms with Gasteiger partial charge in [0.05, 0.1) is 32.0 Å². The molecule has 0 radical (unpaired) electrons. The van der Waals surface area contributed by atoms with E-state index in [1.165, 1.54) is 17.2 Å². The smallest absolute Gasteiger partial charge is 0.394 e. The van der Waals surface area contributed by atoms with Crippen molar-refractivity contribution in [3.63, 3.8) is 0 Å². The van der Waals surface area contributed by atoms with Crippen molar-refractivity contribution >= 4 is 49.9 Å². The first kappa shape index (κ1) is 31.4. The van der Waals surface area contributed by atoms with Crippen LogP contribution in [0.3, 0.4) is 0 Å². The second-order valence-corrected chi connectivity index (χ2v) is 12.3. The zero-order chi connectivity index (χ0) is 32.0. The molecule has 0 amide bonds. The SMILES string of the molecule is Nc1nc2c(ncn2[C@@H]2O[C@H](CO)[C@H](F)[C@@H]2OP(=O)(O)OC[C@H]2O[C@@H](n3cnc4c(N)ncnc43)CC2OC[P+](=O)O)c(=O)[nH]1. The van der Waals surface area contributed by atoms with Crippen LogP contribution in [-0.2, 0) is 32.4 Å². The number of aromatic nitrogens is 8. The number of nitrogens with two attached hydrogens (primary N) is 2. The van der Waals surface area contributed by atoms with Gasteiger partial charge in [0.2, 0.25) is 5.95 Å². The largest absolute Gasteiger partial charge is 0.534 e. The average molecular weight is 675 g/mol. The van der Waals surface area contributed by atoms with Gasteiger partial charge < -0.3 is 35.7 Å². The average Bonchev–Trinajstić information content (AvgIpc) is 3.76. The van der Waals surface area contributed by atoms with Crippen LogP contribution in [0.25, 0.3) is 22.3 Å². The number of halogens is 1. The zero-order valence-corrected chi connectivity index (χ0v) is 24.6. The molecule has 6 rings (SSSR count). The molecule has 21 nitrogen and oxygen atoms in total. The highest BCUT2D eigenvalue weighted by Gasteiger charge is 2.51. The lowest BCUT2D eigenvalue weighted by molar-refractivity contribution is -0.0645. The molecule has 3 unspecified atom stereocenters. The molecule has 8 N–H and O–H groups in total. The third-order valence-electron chi connectivity index (χ3n) is 7.10. The van der Waals surface area contributed by atoms with Gasteiger partial charge in [-0.15, -0.1) is 0 Å². The number of nitrogens with zero attached hydrogens (tertiary/aromatic N) is 7. The van der Waals surface area contributed by atoms with Crippen molar-refractivity contribution < 1.29 is 51.7 Å². The molecule has 4 aromatic rings. The first-order chi connectivity index (χ1) is 21.5. The summed E-state index contributed by atoms with van der Waals surface area (Å²) in [5, 5.41) is 9.63. The standard InChI is InChI=1S/C21H25FN10O11P2/c22-12-9(2-33)42-20(32-6-28-14-18(32)29-21(24)30-19(14)34)15(12)43-45(37,38)40-3-10-8(39-7-44(35)36)1-11(41-10)31-5-27-13-16(23)25-4-26-17(13)31/h4-6,8-12,15,20,33H,1-3,7H2,(H6-,23,24,25,26,29,30,34,35,36,37,38)/p+1/t8?,9-,10-,11-,12+,15+,20-/m1/s1. The van der Waals surface area contributed by atoms with Crippen LogP contribution < -0.4 is 17.0 Å². The Morgan fingerprint density at radius 3 is 2.64 bits per heavy atom. The fraction of sp³-hybridized carbons (Fsp3) is 0.524. The molecule has 242 valence electrons. The molecular weight excluding hydrogens is 649 g/mol. The summed E-state index contributed by atoms with van der Waals surface area (Å²) in [4.78, 5) is 54.5. The highest BCUT2D eigenvalue weighted by atomic mass is 31.2. The zero-order valence-electron chi connectivity index (χ0n) is 22.8. The normalized spacial score (nSPS) is 28.6. The number of ether oxygens (including phenoxy) is 3. The van der Waals surface area contributed by atoms with Gasteiger partial charge in [0, 0.05) is 6.42 Å². The van der Waals surface area contributed by atoms with Crippen LogP contribution >= 0.6 is 15.9 Å². The number of anilines is 2. The van der Waals surface area contributed by atoms with Gasteiger partial charge >= 0.3 is 15.9 Å². The van der Waals surface area contributed by atoms with Crippen LogP contribution in [0.2, 0.25) is 0 Å². The lowest BCUT2D eigenvalue weighted by Gasteiger charge is -2.24. The second kappa shape index (κ2) is 12.3. The number of nitrogens with one attached hydrogen (secondary N) is 1. The molecule has 24 heteroatoms. The van der Waals surface area contributed by atoms with E-state index in [1.807, 2.05) is 0 Å². The molecule has 0 spiro atoms. The Balaban J connectivity index is 1.20. The number of imidazole rings is 2. The number of phosphoric ester groups is 1. The summed E-state index contributed by atoms with van der Waals surface area (Å²) in [5.74, 6) is -0.160. The number of hydrogen-bond donors (Lipinski definition) is 6. The van der Waals surface area contributed by atoms with Crippen molar-refractivity contribution in [3.8, 4) is 0 Å². The maximum absolute atomic E-state index is 15.4. The van der Waals surface area contributed by atoms with E-state index in [0.29, 0.717) is 11.2 Å². The fourth-order valence-corrected chi connectivity index (χ4v) is 6.34. The van der Waals surface area contributed by atoms with Crippen molar-refractivity contribution in [3.05, 3.63) is 29.3 Å². The predicted molar refractivity (Wildman–Crippen MR) is 147 cm³/mol. The van der Waals surface area contributed by atoms with E-state index >= 15 is 4.39 Å². The van der Waals surface area contributed by atoms with E-state index in [-0.39, 0.29) is 29.4 Å². The van der Waals surface area contributed by atoms with E-state index in [1.54, 1.807) is 0 Å². The van der Waals surface area contributed by atoms with Crippen LogP contribution in [0.1, 0.15) is 18.9 Å². The van der Waals surface area contributed by atoms with Crippen molar-refractivity contribution in [2.24, 2.45) is 0 Å². The highest BCUT2D eigenvalue weighted by Crippen LogP contribution is 2.50. The lowest BCUT2D eigenvalue weighted by atomic mass is 10.1. The van der Waals surface area contributed by atoms with Crippen LogP contribution in [0.5, 0.6) is 0 Å². The first-order valence-electron chi connectivity index (χ1n) is 13.1. The van der Waals surface area contributed by atoms with Gasteiger partial charge in [0.25, 0.3) is 11.9 Å². The Labute approximate surface area is 250 Å². The quantitative estimate of drug-likeness (QED) is 0.106. The van der Waals surface area contributed by atoms with Gasteiger partial charge in [-0.2, -0.15) is 9.88 Å². The Bertz CT molecular complexity index is 1840. The molecule has 2 fully saturated rings. The number of aliphatic hydroxyl groups excluding tert-OH is 1. The topological polar surface area (TPSA) is 300 Å². The number of aliphatic hydroxyl groups is 1. The van der Waals surface area contributed by atoms with Crippen LogP contribution in [0.15, 0.2) is 23.8 Å². The van der Waals surface area contributed by atoms with Crippen molar-refractivity contribution in [1.82, 2.24) is 39.0 Å². The van der Waals surface area contributed by atoms with Gasteiger partial charge in [-0.1, -0.05) is 0 Å². The summed E-state index contributed by atoms with van der Waals surface area (Å²) in [7, 11) is -7.82. The summed E-state index contributed by atoms with van der Waals surface area (Å²) in [5.41, 5.74) is 11.1. The molecule has 2 aliphatic heterocycles. The van der Waals surface area contributed by atoms with E-state index in [9.17, 15) is 28.8 Å². The molecule has 0 aliphatic carbocycles. The third-order valence-corrected chi connectivity index (χ3v) is 8.46. The molecular formula is C21H26FN10O11P2+. The molecule has 0 saturated carbocycles. The number of nitrogen functional groups attached to an aromatic ring is 2. The molecule has 0 bridgehead atoms. The monoisotopic (exact) mass is 675 g/mol. The minimum absolute atomic E-state index is 0.0788. The number of H-pyrrole nitrogens is 1. The van der Waals surface area contributed by atoms with E-state index in [2.05, 4.69) is 29.9 Å². The van der Waals surface area contributed by atoms with Crippen molar-refractivity contribution in [2.45, 2.75) is 49.5 Å². The third kappa shape index (κ3) is 6.17. The molecule has 0 aromatic carbocycles. The van der Waals surface area contributed by atoms with Crippen LogP contribution in [0.4, 0.5) is 16.2 Å². The van der Waals surface area contributed by atoms with Crippen molar-refractivity contribution in [2.75, 3.05) is 31.0 Å². The van der Waals surface area contributed by atoms with Gasteiger partial charge in [-0.25, -0.2) is 28.9 Å². The highest BCUT2D eigenvalue weighted by molar-refractivity contribution is 7.47. The van der Waals surface area contributed by atoms with Crippen LogP contribution in [-0.4, -0.2) is 104 Å². The Morgan fingerprint density at radius 2 is 1.89 bits per heavy atom. The summed E-state index contributed by atoms with van der Waals surface area (Å²) >= 11 is 0. The van der Waals surface area contributed by atoms with Gasteiger partial charge in [0.15, 0.2) is 35.0 Å². The summed E-state index contributed by atoms with van der Waals surface area (Å²) < 4.78 is 69.8. The lowest BCUT2D eigenvalue weighted by Crippen LogP contribution is -2.33. The maximum Gasteiger partial charge on any atom is 0.534 e. The Kier molecular flexibility index (Phi) is 8.61. The predicted octanol–water partition coefficient (Wildman–Crippen LogP) is -0.781. The molecule has 45 heavy (non-hydrogen) atoms. The maximum atomic E-state index is 15.4. The summed E-state index contributed by atoms with van der Waals surface area (Å²) in [6.07, 6.45) is -6.65. The van der Waals surface area contributed by atoms with Crippen LogP contribution in [0, 0.1) is 0 Å². The summed E-state index contributed by atoms with van der Waals surface area (Å²) in [6, 6.07) is 0. The Hall–Kier alpha value is -3.56. The molecule has 2 aliphatic rings. The number of hydrogen-bond acceptors (Lipinski definition) is 16. The number of aromatic amines is 1. The van der Waals surface area contributed by atoms with E-state index in [4.69, 9.17) is 34.7 Å². The number of fused-ring (bicyclic) bond motifs is 2. The summed E-state index contributed by atoms with van der Waals surface area (Å²) in [6.45, 7) is -1.47. The van der Waals surface area contributed by atoms with E-state index < -0.39 is 84.0 Å². The first-order valence-corrected chi connectivity index (χ1v) is 16.0.